The monoisotopic (exact) mass is 372 g/mol. The number of nitro benzene ring substituents is 1. The summed E-state index contributed by atoms with van der Waals surface area (Å²) < 4.78 is 15.9. The third-order valence-corrected chi connectivity index (χ3v) is 3.76. The second-order valence-corrected chi connectivity index (χ2v) is 5.70. The van der Waals surface area contributed by atoms with Crippen molar-refractivity contribution in [3.63, 3.8) is 0 Å². The van der Waals surface area contributed by atoms with Crippen molar-refractivity contribution in [3.05, 3.63) is 58.1 Å². The molecule has 2 aromatic rings. The van der Waals surface area contributed by atoms with Gasteiger partial charge in [0, 0.05) is 23.9 Å². The number of fused-ring (bicyclic) bond motifs is 1. The first-order chi connectivity index (χ1) is 12.9. The van der Waals surface area contributed by atoms with E-state index in [-0.39, 0.29) is 11.3 Å². The van der Waals surface area contributed by atoms with Gasteiger partial charge < -0.3 is 19.5 Å². The topological polar surface area (TPSA) is 117 Å². The van der Waals surface area contributed by atoms with Gasteiger partial charge in [0.15, 0.2) is 17.6 Å². The molecule has 2 aromatic carbocycles. The van der Waals surface area contributed by atoms with Crippen molar-refractivity contribution in [2.45, 2.75) is 13.0 Å². The van der Waals surface area contributed by atoms with E-state index in [9.17, 15) is 19.7 Å². The number of nitrogens with one attached hydrogen (secondary N) is 1. The Morgan fingerprint density at radius 1 is 1.15 bits per heavy atom. The molecule has 9 heteroatoms. The Bertz CT molecular complexity index is 897. The molecule has 0 radical (unpaired) electrons. The van der Waals surface area contributed by atoms with Crippen LogP contribution in [0.4, 0.5) is 11.4 Å². The van der Waals surface area contributed by atoms with Crippen LogP contribution in [-0.2, 0) is 9.53 Å². The third kappa shape index (κ3) is 4.32. The Balaban J connectivity index is 1.63. The molecule has 9 nitrogen and oxygen atoms in total. The number of amides is 1. The van der Waals surface area contributed by atoms with Crippen molar-refractivity contribution in [3.8, 4) is 11.5 Å². The molecule has 1 atom stereocenters. The lowest BCUT2D eigenvalue weighted by molar-refractivity contribution is -0.384. The number of nitrogens with zero attached hydrogens (tertiary/aromatic N) is 1. The van der Waals surface area contributed by atoms with Crippen LogP contribution in [0, 0.1) is 10.1 Å². The lowest BCUT2D eigenvalue weighted by atomic mass is 10.2. The molecule has 140 valence electrons. The average Bonchev–Trinajstić information content (AvgIpc) is 2.67. The summed E-state index contributed by atoms with van der Waals surface area (Å²) in [6.07, 6.45) is -1.11. The minimum Gasteiger partial charge on any atom is -0.486 e. The number of hydrogen-bond acceptors (Lipinski definition) is 7. The highest BCUT2D eigenvalue weighted by Crippen LogP contribution is 2.32. The van der Waals surface area contributed by atoms with Gasteiger partial charge in [0.25, 0.3) is 11.6 Å². The number of non-ortho nitro benzene ring substituents is 1. The van der Waals surface area contributed by atoms with Gasteiger partial charge in [-0.1, -0.05) is 6.07 Å². The van der Waals surface area contributed by atoms with E-state index < -0.39 is 22.9 Å². The number of carbonyl (C=O) groups excluding carboxylic acids is 2. The summed E-state index contributed by atoms with van der Waals surface area (Å²) in [4.78, 5) is 34.5. The quantitative estimate of drug-likeness (QED) is 0.487. The summed E-state index contributed by atoms with van der Waals surface area (Å²) in [5.74, 6) is -0.279. The smallest absolute Gasteiger partial charge is 0.339 e. The Kier molecular flexibility index (Phi) is 5.20. The first kappa shape index (κ1) is 18.2. The van der Waals surface area contributed by atoms with Gasteiger partial charge in [0.05, 0.1) is 10.5 Å². The van der Waals surface area contributed by atoms with Gasteiger partial charge in [0.2, 0.25) is 0 Å². The van der Waals surface area contributed by atoms with Crippen molar-refractivity contribution in [1.82, 2.24) is 0 Å². The van der Waals surface area contributed by atoms with Crippen LogP contribution >= 0.6 is 0 Å². The highest BCUT2D eigenvalue weighted by molar-refractivity contribution is 5.97. The zero-order valence-corrected chi connectivity index (χ0v) is 14.3. The second-order valence-electron chi connectivity index (χ2n) is 5.70. The lowest BCUT2D eigenvalue weighted by Gasteiger charge is -2.19. The third-order valence-electron chi connectivity index (χ3n) is 3.76. The Hall–Kier alpha value is -3.62. The molecule has 0 fully saturated rings. The first-order valence-electron chi connectivity index (χ1n) is 8.10. The van der Waals surface area contributed by atoms with E-state index in [4.69, 9.17) is 14.2 Å². The zero-order valence-electron chi connectivity index (χ0n) is 14.3. The summed E-state index contributed by atoms with van der Waals surface area (Å²) in [6, 6.07) is 10.0. The minimum absolute atomic E-state index is 0.0109. The molecule has 1 heterocycles. The van der Waals surface area contributed by atoms with E-state index in [1.165, 1.54) is 25.1 Å². The number of rotatable bonds is 5. The SMILES string of the molecule is CC(OC(=O)c1cccc([N+](=O)[O-])c1)C(=O)Nc1ccc2c(c1)OCCO2. The van der Waals surface area contributed by atoms with Crippen molar-refractivity contribution in [1.29, 1.82) is 0 Å². The minimum atomic E-state index is -1.11. The molecular formula is C18H16N2O7. The fraction of sp³-hybridized carbons (Fsp3) is 0.222. The maximum atomic E-state index is 12.3. The van der Waals surface area contributed by atoms with E-state index >= 15 is 0 Å². The van der Waals surface area contributed by atoms with Gasteiger partial charge in [0.1, 0.15) is 13.2 Å². The molecule has 0 aliphatic carbocycles. The molecule has 27 heavy (non-hydrogen) atoms. The number of ether oxygens (including phenoxy) is 3. The maximum absolute atomic E-state index is 12.3. The molecule has 0 bridgehead atoms. The van der Waals surface area contributed by atoms with Crippen molar-refractivity contribution in [2.24, 2.45) is 0 Å². The Morgan fingerprint density at radius 3 is 2.63 bits per heavy atom. The summed E-state index contributed by atoms with van der Waals surface area (Å²) in [7, 11) is 0. The zero-order chi connectivity index (χ0) is 19.4. The van der Waals surface area contributed by atoms with Gasteiger partial charge in [-0.15, -0.1) is 0 Å². The van der Waals surface area contributed by atoms with Gasteiger partial charge in [-0.25, -0.2) is 4.79 Å². The van der Waals surface area contributed by atoms with Crippen LogP contribution in [0.1, 0.15) is 17.3 Å². The van der Waals surface area contributed by atoms with Crippen molar-refractivity contribution >= 4 is 23.3 Å². The standard InChI is InChI=1S/C18H16N2O7/c1-11(27-18(22)12-3-2-4-14(9-12)20(23)24)17(21)19-13-5-6-15-16(10-13)26-8-7-25-15/h2-6,9-11H,7-8H2,1H3,(H,19,21). The van der Waals surface area contributed by atoms with E-state index in [0.29, 0.717) is 30.4 Å². The first-order valence-corrected chi connectivity index (χ1v) is 8.10. The number of nitro groups is 1. The van der Waals surface area contributed by atoms with Gasteiger partial charge >= 0.3 is 5.97 Å². The average molecular weight is 372 g/mol. The van der Waals surface area contributed by atoms with Crippen molar-refractivity contribution < 1.29 is 28.7 Å². The predicted molar refractivity (Wildman–Crippen MR) is 94.0 cm³/mol. The van der Waals surface area contributed by atoms with Crippen LogP contribution in [0.15, 0.2) is 42.5 Å². The molecule has 0 saturated heterocycles. The fourth-order valence-electron chi connectivity index (χ4n) is 2.39. The molecular weight excluding hydrogens is 356 g/mol. The van der Waals surface area contributed by atoms with Crippen LogP contribution in [0.2, 0.25) is 0 Å². The van der Waals surface area contributed by atoms with Gasteiger partial charge in [-0.2, -0.15) is 0 Å². The van der Waals surface area contributed by atoms with E-state index in [0.717, 1.165) is 6.07 Å². The molecule has 0 aromatic heterocycles. The van der Waals surface area contributed by atoms with Crippen LogP contribution in [0.25, 0.3) is 0 Å². The molecule has 1 N–H and O–H groups in total. The number of benzene rings is 2. The van der Waals surface area contributed by atoms with E-state index in [2.05, 4.69) is 5.32 Å². The molecule has 1 aliphatic rings. The van der Waals surface area contributed by atoms with Crippen molar-refractivity contribution in [2.75, 3.05) is 18.5 Å². The molecule has 1 aliphatic heterocycles. The predicted octanol–water partition coefficient (Wildman–Crippen LogP) is 2.55. The highest BCUT2D eigenvalue weighted by atomic mass is 16.6. The summed E-state index contributed by atoms with van der Waals surface area (Å²) >= 11 is 0. The van der Waals surface area contributed by atoms with Gasteiger partial charge in [-0.3, -0.25) is 14.9 Å². The van der Waals surface area contributed by atoms with Crippen LogP contribution < -0.4 is 14.8 Å². The normalized spacial score (nSPS) is 13.4. The molecule has 1 unspecified atom stereocenters. The lowest BCUT2D eigenvalue weighted by Crippen LogP contribution is -2.30. The second kappa shape index (κ2) is 7.73. The van der Waals surface area contributed by atoms with E-state index in [1.54, 1.807) is 18.2 Å². The van der Waals surface area contributed by atoms with Crippen LogP contribution in [0.5, 0.6) is 11.5 Å². The van der Waals surface area contributed by atoms with Crippen LogP contribution in [0.3, 0.4) is 0 Å². The van der Waals surface area contributed by atoms with Gasteiger partial charge in [-0.05, 0) is 25.1 Å². The van der Waals surface area contributed by atoms with E-state index in [1.807, 2.05) is 0 Å². The molecule has 0 spiro atoms. The summed E-state index contributed by atoms with van der Waals surface area (Å²) in [6.45, 7) is 2.29. The Labute approximate surface area is 154 Å². The molecule has 0 saturated carbocycles. The molecule has 3 rings (SSSR count). The van der Waals surface area contributed by atoms with Crippen LogP contribution in [-0.4, -0.2) is 36.1 Å². The highest BCUT2D eigenvalue weighted by Gasteiger charge is 2.21. The largest absolute Gasteiger partial charge is 0.486 e. The summed E-state index contributed by atoms with van der Waals surface area (Å²) in [5.41, 5.74) is 0.212. The Morgan fingerprint density at radius 2 is 1.89 bits per heavy atom. The number of hydrogen-bond donors (Lipinski definition) is 1. The summed E-state index contributed by atoms with van der Waals surface area (Å²) in [5, 5.41) is 13.4. The number of carbonyl (C=O) groups is 2. The maximum Gasteiger partial charge on any atom is 0.339 e. The molecule has 1 amide bonds. The fourth-order valence-corrected chi connectivity index (χ4v) is 2.39. The number of esters is 1. The number of anilines is 1.